The van der Waals surface area contributed by atoms with Crippen molar-refractivity contribution >= 4 is 23.2 Å². The van der Waals surface area contributed by atoms with Crippen molar-refractivity contribution in [2.75, 3.05) is 18.0 Å². The van der Waals surface area contributed by atoms with Gasteiger partial charge in [0.1, 0.15) is 10.8 Å². The largest absolute Gasteiger partial charge is 0.330 e. The maximum Gasteiger partial charge on any atom is 0.227 e. The monoisotopic (exact) mass is 242 g/mol. The second-order valence-electron chi connectivity index (χ2n) is 3.88. The second kappa shape index (κ2) is 4.39. The van der Waals surface area contributed by atoms with Crippen molar-refractivity contribution in [1.82, 2.24) is 0 Å². The predicted octanol–water partition coefficient (Wildman–Crippen LogP) is 1.79. The highest BCUT2D eigenvalue weighted by Gasteiger charge is 2.31. The summed E-state index contributed by atoms with van der Waals surface area (Å²) in [4.78, 5) is 13.2. The molecular formula is C11H12ClFN2O. The lowest BCUT2D eigenvalue weighted by Crippen LogP contribution is -2.26. The van der Waals surface area contributed by atoms with Crippen LogP contribution < -0.4 is 10.6 Å². The third kappa shape index (κ3) is 1.90. The SMILES string of the molecule is NCC1CC(=O)N(c2cccc(F)c2Cl)C1. The lowest BCUT2D eigenvalue weighted by molar-refractivity contribution is -0.117. The number of amides is 1. The first-order valence-corrected chi connectivity index (χ1v) is 5.45. The average molecular weight is 243 g/mol. The number of hydrogen-bond acceptors (Lipinski definition) is 2. The van der Waals surface area contributed by atoms with Crippen LogP contribution in [0.5, 0.6) is 0 Å². The minimum absolute atomic E-state index is 0.00600. The molecule has 0 saturated carbocycles. The summed E-state index contributed by atoms with van der Waals surface area (Å²) in [5.41, 5.74) is 5.95. The highest BCUT2D eigenvalue weighted by Crippen LogP contribution is 2.32. The molecule has 1 atom stereocenters. The lowest BCUT2D eigenvalue weighted by atomic mass is 10.1. The number of nitrogens with two attached hydrogens (primary N) is 1. The molecule has 0 aliphatic carbocycles. The van der Waals surface area contributed by atoms with E-state index in [1.54, 1.807) is 12.1 Å². The van der Waals surface area contributed by atoms with E-state index in [0.717, 1.165) is 0 Å². The van der Waals surface area contributed by atoms with Crippen molar-refractivity contribution in [2.45, 2.75) is 6.42 Å². The molecular weight excluding hydrogens is 231 g/mol. The van der Waals surface area contributed by atoms with Crippen LogP contribution in [0, 0.1) is 11.7 Å². The number of carbonyl (C=O) groups is 1. The first kappa shape index (κ1) is 11.4. The quantitative estimate of drug-likeness (QED) is 0.860. The van der Waals surface area contributed by atoms with E-state index in [9.17, 15) is 9.18 Å². The molecule has 1 fully saturated rings. The van der Waals surface area contributed by atoms with Gasteiger partial charge in [0, 0.05) is 13.0 Å². The van der Waals surface area contributed by atoms with Crippen LogP contribution in [-0.4, -0.2) is 19.0 Å². The normalized spacial score (nSPS) is 20.6. The first-order chi connectivity index (χ1) is 7.63. The second-order valence-corrected chi connectivity index (χ2v) is 4.26. The first-order valence-electron chi connectivity index (χ1n) is 5.08. The van der Waals surface area contributed by atoms with Gasteiger partial charge in [-0.05, 0) is 24.6 Å². The van der Waals surface area contributed by atoms with Gasteiger partial charge in [0.25, 0.3) is 0 Å². The molecule has 0 bridgehead atoms. The summed E-state index contributed by atoms with van der Waals surface area (Å²) >= 11 is 5.83. The molecule has 1 amide bonds. The Bertz CT molecular complexity index is 424. The van der Waals surface area contributed by atoms with Gasteiger partial charge in [-0.15, -0.1) is 0 Å². The standard InChI is InChI=1S/C11H12ClFN2O/c12-11-8(13)2-1-3-9(11)15-6-7(5-14)4-10(15)16/h1-3,7H,4-6,14H2. The van der Waals surface area contributed by atoms with E-state index in [4.69, 9.17) is 17.3 Å². The molecule has 0 radical (unpaired) electrons. The van der Waals surface area contributed by atoms with Crippen molar-refractivity contribution in [3.8, 4) is 0 Å². The van der Waals surface area contributed by atoms with Gasteiger partial charge in [-0.1, -0.05) is 17.7 Å². The van der Waals surface area contributed by atoms with E-state index in [-0.39, 0.29) is 16.8 Å². The fourth-order valence-electron chi connectivity index (χ4n) is 1.87. The number of anilines is 1. The van der Waals surface area contributed by atoms with E-state index in [2.05, 4.69) is 0 Å². The molecule has 1 aliphatic rings. The van der Waals surface area contributed by atoms with Crippen molar-refractivity contribution < 1.29 is 9.18 Å². The summed E-state index contributed by atoms with van der Waals surface area (Å²) in [5.74, 6) is -0.432. The number of benzene rings is 1. The van der Waals surface area contributed by atoms with Gasteiger partial charge < -0.3 is 10.6 Å². The Balaban J connectivity index is 2.31. The Morgan fingerprint density at radius 1 is 1.56 bits per heavy atom. The van der Waals surface area contributed by atoms with E-state index < -0.39 is 5.82 Å². The highest BCUT2D eigenvalue weighted by molar-refractivity contribution is 6.34. The molecule has 16 heavy (non-hydrogen) atoms. The van der Waals surface area contributed by atoms with Crippen LogP contribution >= 0.6 is 11.6 Å². The summed E-state index contributed by atoms with van der Waals surface area (Å²) in [5, 5.41) is -0.00600. The fraction of sp³-hybridized carbons (Fsp3) is 0.364. The topological polar surface area (TPSA) is 46.3 Å². The molecule has 0 spiro atoms. The molecule has 5 heteroatoms. The van der Waals surface area contributed by atoms with Crippen LogP contribution in [0.15, 0.2) is 18.2 Å². The van der Waals surface area contributed by atoms with E-state index in [0.29, 0.717) is 25.2 Å². The van der Waals surface area contributed by atoms with Crippen LogP contribution in [0.1, 0.15) is 6.42 Å². The molecule has 1 saturated heterocycles. The molecule has 1 aromatic rings. The molecule has 0 aromatic heterocycles. The summed E-state index contributed by atoms with van der Waals surface area (Å²) < 4.78 is 13.2. The zero-order chi connectivity index (χ0) is 11.7. The van der Waals surface area contributed by atoms with Crippen LogP contribution in [0.2, 0.25) is 5.02 Å². The number of nitrogens with zero attached hydrogens (tertiary/aromatic N) is 1. The number of rotatable bonds is 2. The minimum atomic E-state index is -0.511. The minimum Gasteiger partial charge on any atom is -0.330 e. The predicted molar refractivity (Wildman–Crippen MR) is 60.9 cm³/mol. The van der Waals surface area contributed by atoms with Crippen LogP contribution in [0.4, 0.5) is 10.1 Å². The van der Waals surface area contributed by atoms with Crippen LogP contribution in [0.3, 0.4) is 0 Å². The Morgan fingerprint density at radius 2 is 2.31 bits per heavy atom. The molecule has 1 aromatic carbocycles. The average Bonchev–Trinajstić information content (AvgIpc) is 2.64. The van der Waals surface area contributed by atoms with Gasteiger partial charge in [-0.2, -0.15) is 0 Å². The van der Waals surface area contributed by atoms with E-state index in [1.165, 1.54) is 11.0 Å². The summed E-state index contributed by atoms with van der Waals surface area (Å²) in [6.07, 6.45) is 0.406. The fourth-order valence-corrected chi connectivity index (χ4v) is 2.10. The number of halogens is 2. The molecule has 86 valence electrons. The Kier molecular flexibility index (Phi) is 3.12. The van der Waals surface area contributed by atoms with E-state index in [1.807, 2.05) is 0 Å². The number of carbonyl (C=O) groups excluding carboxylic acids is 1. The van der Waals surface area contributed by atoms with Crippen molar-refractivity contribution in [3.63, 3.8) is 0 Å². The third-order valence-corrected chi connectivity index (χ3v) is 3.13. The van der Waals surface area contributed by atoms with Gasteiger partial charge in [0.15, 0.2) is 0 Å². The maximum atomic E-state index is 13.2. The van der Waals surface area contributed by atoms with Gasteiger partial charge >= 0.3 is 0 Å². The van der Waals surface area contributed by atoms with Gasteiger partial charge in [-0.3, -0.25) is 4.79 Å². The van der Waals surface area contributed by atoms with Crippen LogP contribution in [0.25, 0.3) is 0 Å². The molecule has 2 N–H and O–H groups in total. The number of hydrogen-bond donors (Lipinski definition) is 1. The molecule has 3 nitrogen and oxygen atoms in total. The molecule has 1 unspecified atom stereocenters. The highest BCUT2D eigenvalue weighted by atomic mass is 35.5. The zero-order valence-corrected chi connectivity index (χ0v) is 9.38. The summed E-state index contributed by atoms with van der Waals surface area (Å²) in [7, 11) is 0. The Hall–Kier alpha value is -1.13. The zero-order valence-electron chi connectivity index (χ0n) is 8.62. The van der Waals surface area contributed by atoms with Gasteiger partial charge in [-0.25, -0.2) is 4.39 Å². The van der Waals surface area contributed by atoms with Crippen molar-refractivity contribution in [3.05, 3.63) is 29.0 Å². The van der Waals surface area contributed by atoms with Gasteiger partial charge in [0.2, 0.25) is 5.91 Å². The third-order valence-electron chi connectivity index (χ3n) is 2.76. The summed E-state index contributed by atoms with van der Waals surface area (Å²) in [6, 6.07) is 4.45. The van der Waals surface area contributed by atoms with Crippen molar-refractivity contribution in [1.29, 1.82) is 0 Å². The van der Waals surface area contributed by atoms with Crippen LogP contribution in [-0.2, 0) is 4.79 Å². The lowest BCUT2D eigenvalue weighted by Gasteiger charge is -2.18. The summed E-state index contributed by atoms with van der Waals surface area (Å²) in [6.45, 7) is 0.966. The van der Waals surface area contributed by atoms with E-state index >= 15 is 0 Å². The van der Waals surface area contributed by atoms with Gasteiger partial charge in [0.05, 0.1) is 5.69 Å². The Morgan fingerprint density at radius 3 is 2.94 bits per heavy atom. The molecule has 2 rings (SSSR count). The molecule has 1 aliphatic heterocycles. The smallest absolute Gasteiger partial charge is 0.227 e. The molecule has 1 heterocycles. The Labute approximate surface area is 98.0 Å². The van der Waals surface area contributed by atoms with Crippen molar-refractivity contribution in [2.24, 2.45) is 11.7 Å². The maximum absolute atomic E-state index is 13.2.